The molecule has 4 heterocycles. The molecule has 0 fully saturated rings. The topological polar surface area (TPSA) is 68.3 Å². The number of benzene rings is 1. The Morgan fingerprint density at radius 1 is 1.13 bits per heavy atom. The smallest absolute Gasteiger partial charge is 0.279 e. The molecular formula is C22H20BrClN6O. The SMILES string of the molecule is Cc1cc(N2C(=O)c3nc(Br)n(C(C)C)c3C2c2ccc(Cl)cc2)cn2c(C)nnc12. The summed E-state index contributed by atoms with van der Waals surface area (Å²) < 4.78 is 4.64. The zero-order valence-electron chi connectivity index (χ0n) is 17.5. The van der Waals surface area contributed by atoms with Crippen LogP contribution in [0.25, 0.3) is 5.65 Å². The number of halogens is 2. The minimum absolute atomic E-state index is 0.123. The quantitative estimate of drug-likeness (QED) is 0.384. The van der Waals surface area contributed by atoms with E-state index in [0.29, 0.717) is 15.5 Å². The van der Waals surface area contributed by atoms with Crippen LogP contribution in [0.15, 0.2) is 41.3 Å². The predicted octanol–water partition coefficient (Wildman–Crippen LogP) is 5.29. The fourth-order valence-corrected chi connectivity index (χ4v) is 5.18. The van der Waals surface area contributed by atoms with E-state index in [2.05, 4.69) is 49.5 Å². The highest BCUT2D eigenvalue weighted by Crippen LogP contribution is 2.44. The molecule has 7 nitrogen and oxygen atoms in total. The number of fused-ring (bicyclic) bond motifs is 2. The third-order valence-corrected chi connectivity index (χ3v) is 6.48. The lowest BCUT2D eigenvalue weighted by Crippen LogP contribution is -2.30. The highest BCUT2D eigenvalue weighted by Gasteiger charge is 2.44. The Balaban J connectivity index is 1.77. The number of aryl methyl sites for hydroxylation is 2. The number of aromatic nitrogens is 5. The van der Waals surface area contributed by atoms with Crippen LogP contribution < -0.4 is 4.90 Å². The van der Waals surface area contributed by atoms with Gasteiger partial charge >= 0.3 is 0 Å². The monoisotopic (exact) mass is 498 g/mol. The summed E-state index contributed by atoms with van der Waals surface area (Å²) in [6.45, 7) is 8.03. The van der Waals surface area contributed by atoms with Gasteiger partial charge in [0.15, 0.2) is 16.1 Å². The Kier molecular flexibility index (Phi) is 4.67. The summed E-state index contributed by atoms with van der Waals surface area (Å²) in [6, 6.07) is 9.38. The zero-order valence-corrected chi connectivity index (χ0v) is 19.8. The molecule has 0 spiro atoms. The number of nitrogens with zero attached hydrogens (tertiary/aromatic N) is 6. The first-order valence-electron chi connectivity index (χ1n) is 9.96. The summed E-state index contributed by atoms with van der Waals surface area (Å²) in [5.41, 5.74) is 4.77. The van der Waals surface area contributed by atoms with Gasteiger partial charge in [-0.15, -0.1) is 10.2 Å². The highest BCUT2D eigenvalue weighted by atomic mass is 79.9. The van der Waals surface area contributed by atoms with Gasteiger partial charge in [-0.05, 0) is 73.0 Å². The average molecular weight is 500 g/mol. The van der Waals surface area contributed by atoms with Crippen LogP contribution in [0.1, 0.15) is 59.1 Å². The minimum Gasteiger partial charge on any atom is -0.317 e. The molecule has 1 aliphatic heterocycles. The molecule has 0 saturated heterocycles. The van der Waals surface area contributed by atoms with Crippen LogP contribution in [-0.4, -0.2) is 30.1 Å². The van der Waals surface area contributed by atoms with Crippen molar-refractivity contribution in [3.8, 4) is 0 Å². The summed E-state index contributed by atoms with van der Waals surface area (Å²) in [7, 11) is 0. The maximum Gasteiger partial charge on any atom is 0.279 e. The molecule has 31 heavy (non-hydrogen) atoms. The van der Waals surface area contributed by atoms with E-state index in [9.17, 15) is 4.79 Å². The number of rotatable bonds is 3. The minimum atomic E-state index is -0.338. The van der Waals surface area contributed by atoms with Crippen LogP contribution in [-0.2, 0) is 0 Å². The molecule has 0 radical (unpaired) electrons. The third kappa shape index (κ3) is 3.00. The third-order valence-electron chi connectivity index (χ3n) is 5.67. The van der Waals surface area contributed by atoms with Gasteiger partial charge in [0, 0.05) is 17.3 Å². The standard InChI is InChI=1S/C22H20BrClN6O/c1-11(2)29-19-17(25-22(29)23)21(31)30(18(19)14-5-7-15(24)8-6-14)16-9-12(3)20-27-26-13(4)28(20)10-16/h5-11,18H,1-4H3. The van der Waals surface area contributed by atoms with E-state index in [1.165, 1.54) is 0 Å². The maximum absolute atomic E-state index is 13.7. The maximum atomic E-state index is 13.7. The molecule has 1 aromatic carbocycles. The van der Waals surface area contributed by atoms with E-state index >= 15 is 0 Å². The second kappa shape index (κ2) is 7.17. The fourth-order valence-electron chi connectivity index (χ4n) is 4.28. The molecule has 9 heteroatoms. The second-order valence-electron chi connectivity index (χ2n) is 8.03. The molecule has 0 bridgehead atoms. The van der Waals surface area contributed by atoms with Gasteiger partial charge in [-0.3, -0.25) is 14.1 Å². The lowest BCUT2D eigenvalue weighted by molar-refractivity contribution is 0.0989. The number of carbonyl (C=O) groups is 1. The number of hydrogen-bond acceptors (Lipinski definition) is 4. The Morgan fingerprint density at radius 3 is 2.52 bits per heavy atom. The molecular weight excluding hydrogens is 480 g/mol. The summed E-state index contributed by atoms with van der Waals surface area (Å²) in [4.78, 5) is 20.1. The van der Waals surface area contributed by atoms with Crippen molar-refractivity contribution in [2.24, 2.45) is 0 Å². The predicted molar refractivity (Wildman–Crippen MR) is 123 cm³/mol. The highest BCUT2D eigenvalue weighted by molar-refractivity contribution is 9.10. The lowest BCUT2D eigenvalue weighted by Gasteiger charge is -2.28. The van der Waals surface area contributed by atoms with Gasteiger partial charge in [0.25, 0.3) is 5.91 Å². The van der Waals surface area contributed by atoms with Crippen LogP contribution >= 0.6 is 27.5 Å². The van der Waals surface area contributed by atoms with Gasteiger partial charge in [0.1, 0.15) is 11.9 Å². The summed E-state index contributed by atoms with van der Waals surface area (Å²) in [5, 5.41) is 9.07. The molecule has 1 atom stereocenters. The number of hydrogen-bond donors (Lipinski definition) is 0. The molecule has 5 rings (SSSR count). The summed E-state index contributed by atoms with van der Waals surface area (Å²) >= 11 is 9.70. The van der Waals surface area contributed by atoms with E-state index in [4.69, 9.17) is 11.6 Å². The van der Waals surface area contributed by atoms with Crippen molar-refractivity contribution >= 4 is 44.8 Å². The molecule has 0 aliphatic carbocycles. The van der Waals surface area contributed by atoms with Gasteiger partial charge < -0.3 is 4.57 Å². The van der Waals surface area contributed by atoms with Crippen LogP contribution in [0, 0.1) is 13.8 Å². The van der Waals surface area contributed by atoms with Crippen molar-refractivity contribution in [2.45, 2.75) is 39.8 Å². The van der Waals surface area contributed by atoms with E-state index in [0.717, 1.165) is 34.0 Å². The number of imidazole rings is 1. The van der Waals surface area contributed by atoms with Crippen LogP contribution in [0.5, 0.6) is 0 Å². The normalized spacial score (nSPS) is 16.0. The first kappa shape index (κ1) is 20.2. The van der Waals surface area contributed by atoms with Crippen LogP contribution in [0.2, 0.25) is 5.02 Å². The van der Waals surface area contributed by atoms with Crippen molar-refractivity contribution in [3.63, 3.8) is 0 Å². The molecule has 1 unspecified atom stereocenters. The fraction of sp³-hybridized carbons (Fsp3) is 0.273. The van der Waals surface area contributed by atoms with Gasteiger partial charge in [0.05, 0.1) is 11.4 Å². The molecule has 0 N–H and O–H groups in total. The molecule has 1 aliphatic rings. The molecule has 1 amide bonds. The summed E-state index contributed by atoms with van der Waals surface area (Å²) in [5.74, 6) is 0.624. The van der Waals surface area contributed by atoms with E-state index in [-0.39, 0.29) is 18.0 Å². The first-order valence-corrected chi connectivity index (χ1v) is 11.1. The number of carbonyl (C=O) groups excluding carboxylic acids is 1. The number of anilines is 1. The molecule has 158 valence electrons. The van der Waals surface area contributed by atoms with E-state index < -0.39 is 0 Å². The van der Waals surface area contributed by atoms with Gasteiger partial charge in [-0.1, -0.05) is 23.7 Å². The Hall–Kier alpha value is -2.71. The van der Waals surface area contributed by atoms with Crippen LogP contribution in [0.3, 0.4) is 0 Å². The van der Waals surface area contributed by atoms with Crippen LogP contribution in [0.4, 0.5) is 5.69 Å². The summed E-state index contributed by atoms with van der Waals surface area (Å²) in [6.07, 6.45) is 1.92. The zero-order chi connectivity index (χ0) is 22.0. The van der Waals surface area contributed by atoms with Gasteiger partial charge in [0.2, 0.25) is 0 Å². The Bertz CT molecular complexity index is 1340. The average Bonchev–Trinajstić information content (AvgIpc) is 3.34. The van der Waals surface area contributed by atoms with Crippen molar-refractivity contribution in [1.82, 2.24) is 24.1 Å². The van der Waals surface area contributed by atoms with E-state index in [1.54, 1.807) is 4.90 Å². The van der Waals surface area contributed by atoms with Crippen molar-refractivity contribution < 1.29 is 4.79 Å². The number of amides is 1. The van der Waals surface area contributed by atoms with Gasteiger partial charge in [-0.2, -0.15) is 0 Å². The Morgan fingerprint density at radius 2 is 1.84 bits per heavy atom. The largest absolute Gasteiger partial charge is 0.317 e. The lowest BCUT2D eigenvalue weighted by atomic mass is 10.0. The Labute approximate surface area is 192 Å². The van der Waals surface area contributed by atoms with Gasteiger partial charge in [-0.25, -0.2) is 4.98 Å². The first-order chi connectivity index (χ1) is 14.8. The molecule has 4 aromatic rings. The van der Waals surface area contributed by atoms with Crippen molar-refractivity contribution in [1.29, 1.82) is 0 Å². The second-order valence-corrected chi connectivity index (χ2v) is 9.18. The van der Waals surface area contributed by atoms with E-state index in [1.807, 2.05) is 54.8 Å². The van der Waals surface area contributed by atoms with Crippen molar-refractivity contribution in [3.05, 3.63) is 74.6 Å². The molecule has 0 saturated carbocycles. The molecule has 3 aromatic heterocycles. The number of pyridine rings is 1. The van der Waals surface area contributed by atoms with Crippen molar-refractivity contribution in [2.75, 3.05) is 4.90 Å².